The van der Waals surface area contributed by atoms with Crippen molar-refractivity contribution in [2.45, 2.75) is 20.3 Å². The molecule has 0 N–H and O–H groups in total. The summed E-state index contributed by atoms with van der Waals surface area (Å²) < 4.78 is 1.72. The van der Waals surface area contributed by atoms with Gasteiger partial charge in [-0.15, -0.1) is 0 Å². The molecule has 0 aliphatic heterocycles. The zero-order valence-corrected chi connectivity index (χ0v) is 10.2. The van der Waals surface area contributed by atoms with Gasteiger partial charge in [0.2, 0.25) is 0 Å². The van der Waals surface area contributed by atoms with Gasteiger partial charge in [0.15, 0.2) is 6.29 Å². The summed E-state index contributed by atoms with van der Waals surface area (Å²) in [6, 6.07) is 0. The minimum atomic E-state index is 0.413. The van der Waals surface area contributed by atoms with E-state index in [4.69, 9.17) is 11.6 Å². The van der Waals surface area contributed by atoms with E-state index in [-0.39, 0.29) is 0 Å². The first-order valence-electron chi connectivity index (χ1n) is 5.06. The highest BCUT2D eigenvalue weighted by Gasteiger charge is 2.17. The molecule has 0 aliphatic rings. The molecule has 84 valence electrons. The lowest BCUT2D eigenvalue weighted by Gasteiger charge is -2.01. The van der Waals surface area contributed by atoms with Crippen LogP contribution < -0.4 is 0 Å². The number of halogens is 1. The van der Waals surface area contributed by atoms with E-state index in [1.165, 1.54) is 0 Å². The Morgan fingerprint density at radius 1 is 1.44 bits per heavy atom. The number of aromatic nitrogens is 3. The van der Waals surface area contributed by atoms with Crippen molar-refractivity contribution in [2.24, 2.45) is 7.05 Å². The number of nitrogens with zero attached hydrogens (tertiary/aromatic N) is 3. The Hall–Kier alpha value is -1.42. The smallest absolute Gasteiger partial charge is 0.153 e. The zero-order valence-electron chi connectivity index (χ0n) is 9.41. The second-order valence-corrected chi connectivity index (χ2v) is 4.02. The summed E-state index contributed by atoms with van der Waals surface area (Å²) in [6.45, 7) is 3.86. The lowest BCUT2D eigenvalue weighted by atomic mass is 10.2. The van der Waals surface area contributed by atoms with E-state index in [1.54, 1.807) is 11.6 Å². The fourth-order valence-corrected chi connectivity index (χ4v) is 2.03. The Morgan fingerprint density at radius 3 is 2.69 bits per heavy atom. The van der Waals surface area contributed by atoms with Gasteiger partial charge in [0.25, 0.3) is 0 Å². The molecule has 2 rings (SSSR count). The molecule has 0 amide bonds. The van der Waals surface area contributed by atoms with Crippen molar-refractivity contribution in [1.29, 1.82) is 0 Å². The van der Waals surface area contributed by atoms with Crippen LogP contribution in [-0.4, -0.2) is 20.8 Å². The average molecular weight is 238 g/mol. The van der Waals surface area contributed by atoms with Gasteiger partial charge in [-0.05, 0) is 6.92 Å². The van der Waals surface area contributed by atoms with Gasteiger partial charge in [-0.2, -0.15) is 0 Å². The van der Waals surface area contributed by atoms with Gasteiger partial charge in [-0.25, -0.2) is 9.97 Å². The quantitative estimate of drug-likeness (QED) is 0.753. The fourth-order valence-electron chi connectivity index (χ4n) is 1.81. The van der Waals surface area contributed by atoms with E-state index < -0.39 is 0 Å². The second-order valence-electron chi connectivity index (χ2n) is 3.66. The van der Waals surface area contributed by atoms with Gasteiger partial charge in [-0.3, -0.25) is 4.79 Å². The van der Waals surface area contributed by atoms with Crippen molar-refractivity contribution in [2.75, 3.05) is 0 Å². The molecule has 4 nitrogen and oxygen atoms in total. The lowest BCUT2D eigenvalue weighted by molar-refractivity contribution is 0.112. The van der Waals surface area contributed by atoms with Crippen molar-refractivity contribution in [3.63, 3.8) is 0 Å². The van der Waals surface area contributed by atoms with E-state index in [0.29, 0.717) is 10.7 Å². The van der Waals surface area contributed by atoms with E-state index in [1.807, 2.05) is 13.8 Å². The standard InChI is InChI=1S/C11H12ClN3O/c1-4-8-13-6(2)9-7(5-16)10(12)15(3)11(9)14-8/h5H,4H2,1-3H3. The number of carbonyl (C=O) groups excluding carboxylic acids is 1. The molecule has 0 spiro atoms. The third-order valence-corrected chi connectivity index (χ3v) is 3.11. The Balaban J connectivity index is 2.94. The second kappa shape index (κ2) is 3.87. The topological polar surface area (TPSA) is 47.8 Å². The van der Waals surface area contributed by atoms with Crippen LogP contribution in [0.5, 0.6) is 0 Å². The number of aldehydes is 1. The van der Waals surface area contributed by atoms with Crippen LogP contribution in [0.15, 0.2) is 0 Å². The van der Waals surface area contributed by atoms with Crippen LogP contribution in [0.25, 0.3) is 11.0 Å². The molecule has 0 fully saturated rings. The van der Waals surface area contributed by atoms with Gasteiger partial charge in [0.1, 0.15) is 16.6 Å². The summed E-state index contributed by atoms with van der Waals surface area (Å²) in [5.74, 6) is 0.764. The highest BCUT2D eigenvalue weighted by Crippen LogP contribution is 2.28. The van der Waals surface area contributed by atoms with E-state index >= 15 is 0 Å². The third kappa shape index (κ3) is 1.41. The molecular weight excluding hydrogens is 226 g/mol. The SMILES string of the molecule is CCc1nc(C)c2c(C=O)c(Cl)n(C)c2n1. The number of fused-ring (bicyclic) bond motifs is 1. The normalized spacial score (nSPS) is 11.0. The van der Waals surface area contributed by atoms with E-state index in [2.05, 4.69) is 9.97 Å². The number of rotatable bonds is 2. The third-order valence-electron chi connectivity index (χ3n) is 2.65. The number of hydrogen-bond acceptors (Lipinski definition) is 3. The molecule has 5 heteroatoms. The molecule has 2 aromatic heterocycles. The molecule has 0 saturated heterocycles. The maximum atomic E-state index is 11.0. The van der Waals surface area contributed by atoms with E-state index in [9.17, 15) is 4.79 Å². The molecule has 2 heterocycles. The summed E-state index contributed by atoms with van der Waals surface area (Å²) in [5.41, 5.74) is 1.99. The van der Waals surface area contributed by atoms with Crippen molar-refractivity contribution < 1.29 is 4.79 Å². The van der Waals surface area contributed by atoms with Crippen molar-refractivity contribution in [3.05, 3.63) is 22.2 Å². The molecule has 0 saturated carbocycles. The minimum Gasteiger partial charge on any atom is -0.319 e. The predicted molar refractivity (Wildman–Crippen MR) is 63.0 cm³/mol. The predicted octanol–water partition coefficient (Wildman–Crippen LogP) is 2.31. The van der Waals surface area contributed by atoms with Crippen LogP contribution in [0.1, 0.15) is 28.8 Å². The Labute approximate surface area is 98.3 Å². The summed E-state index contributed by atoms with van der Waals surface area (Å²) in [5, 5.41) is 1.16. The van der Waals surface area contributed by atoms with Crippen molar-refractivity contribution in [1.82, 2.24) is 14.5 Å². The van der Waals surface area contributed by atoms with Gasteiger partial charge in [-0.1, -0.05) is 18.5 Å². The fraction of sp³-hybridized carbons (Fsp3) is 0.364. The Kier molecular flexibility index (Phi) is 2.68. The van der Waals surface area contributed by atoms with Gasteiger partial charge >= 0.3 is 0 Å². The monoisotopic (exact) mass is 237 g/mol. The molecule has 0 radical (unpaired) electrons. The van der Waals surface area contributed by atoms with Gasteiger partial charge in [0.05, 0.1) is 16.6 Å². The molecule has 0 aliphatic carbocycles. The van der Waals surface area contributed by atoms with Crippen LogP contribution in [0, 0.1) is 6.92 Å². The first-order chi connectivity index (χ1) is 7.60. The van der Waals surface area contributed by atoms with Gasteiger partial charge < -0.3 is 4.57 Å². The zero-order chi connectivity index (χ0) is 11.9. The van der Waals surface area contributed by atoms with Crippen molar-refractivity contribution >= 4 is 28.9 Å². The number of aryl methyl sites for hydroxylation is 3. The van der Waals surface area contributed by atoms with Crippen LogP contribution in [0.3, 0.4) is 0 Å². The summed E-state index contributed by atoms with van der Waals surface area (Å²) in [7, 11) is 1.80. The number of carbonyl (C=O) groups is 1. The van der Waals surface area contributed by atoms with Crippen LogP contribution in [-0.2, 0) is 13.5 Å². The van der Waals surface area contributed by atoms with Crippen LogP contribution in [0.4, 0.5) is 0 Å². The van der Waals surface area contributed by atoms with Crippen molar-refractivity contribution in [3.8, 4) is 0 Å². The largest absolute Gasteiger partial charge is 0.319 e. The minimum absolute atomic E-state index is 0.413. The maximum absolute atomic E-state index is 11.0. The lowest BCUT2D eigenvalue weighted by Crippen LogP contribution is -1.99. The highest BCUT2D eigenvalue weighted by molar-refractivity contribution is 6.34. The summed E-state index contributed by atoms with van der Waals surface area (Å²) >= 11 is 6.07. The Bertz CT molecular complexity index is 574. The number of hydrogen-bond donors (Lipinski definition) is 0. The van der Waals surface area contributed by atoms with Gasteiger partial charge in [0, 0.05) is 13.5 Å². The average Bonchev–Trinajstić information content (AvgIpc) is 2.53. The summed E-state index contributed by atoms with van der Waals surface area (Å²) in [6.07, 6.45) is 1.52. The Morgan fingerprint density at radius 2 is 2.12 bits per heavy atom. The molecule has 2 aromatic rings. The first-order valence-corrected chi connectivity index (χ1v) is 5.44. The first kappa shape index (κ1) is 11.1. The molecule has 0 aromatic carbocycles. The molecule has 0 atom stereocenters. The maximum Gasteiger partial charge on any atom is 0.153 e. The molecule has 16 heavy (non-hydrogen) atoms. The van der Waals surface area contributed by atoms with E-state index in [0.717, 1.165) is 35.3 Å². The van der Waals surface area contributed by atoms with Crippen LogP contribution >= 0.6 is 11.6 Å². The molecular formula is C11H12ClN3O. The highest BCUT2D eigenvalue weighted by atomic mass is 35.5. The van der Waals surface area contributed by atoms with Crippen LogP contribution in [0.2, 0.25) is 5.15 Å². The molecule has 0 bridgehead atoms. The molecule has 0 unspecified atom stereocenters. The summed E-state index contributed by atoms with van der Waals surface area (Å²) in [4.78, 5) is 19.7.